The first kappa shape index (κ1) is 16.9. The van der Waals surface area contributed by atoms with E-state index in [2.05, 4.69) is 0 Å². The van der Waals surface area contributed by atoms with Gasteiger partial charge in [0.25, 0.3) is 5.69 Å². The highest BCUT2D eigenvalue weighted by molar-refractivity contribution is 6.21. The van der Waals surface area contributed by atoms with Gasteiger partial charge in [-0.2, -0.15) is 0 Å². The second-order valence-corrected chi connectivity index (χ2v) is 7.16. The Morgan fingerprint density at radius 3 is 2.35 bits per heavy atom. The lowest BCUT2D eigenvalue weighted by molar-refractivity contribution is -0.384. The van der Waals surface area contributed by atoms with Crippen LogP contribution >= 0.6 is 0 Å². The Morgan fingerprint density at radius 2 is 1.87 bits per heavy atom. The average Bonchev–Trinajstić information content (AvgIpc) is 2.55. The zero-order valence-electron chi connectivity index (χ0n) is 14.1. The minimum absolute atomic E-state index is 0.166. The minimum atomic E-state index is -0.953. The number of anilines is 1. The van der Waals surface area contributed by atoms with E-state index in [1.807, 2.05) is 0 Å². The number of carbonyl (C=O) groups excluding carboxylic acids is 2. The van der Waals surface area contributed by atoms with Crippen LogP contribution in [0.2, 0.25) is 0 Å². The number of carbonyl (C=O) groups is 2. The lowest BCUT2D eigenvalue weighted by atomic mass is 9.83. The first-order valence-corrected chi connectivity index (χ1v) is 7.23. The third kappa shape index (κ3) is 2.78. The van der Waals surface area contributed by atoms with Crippen LogP contribution in [0.3, 0.4) is 0 Å². The molecule has 0 bridgehead atoms. The molecule has 0 aliphatic carbocycles. The molecule has 1 aliphatic rings. The van der Waals surface area contributed by atoms with Crippen molar-refractivity contribution in [1.82, 2.24) is 0 Å². The zero-order valence-corrected chi connectivity index (χ0v) is 14.1. The molecular weight excluding hydrogens is 300 g/mol. The Labute approximate surface area is 134 Å². The van der Waals surface area contributed by atoms with E-state index < -0.39 is 27.9 Å². The van der Waals surface area contributed by atoms with E-state index in [1.54, 1.807) is 41.5 Å². The summed E-state index contributed by atoms with van der Waals surface area (Å²) in [5, 5.41) is 11.1. The third-order valence-corrected chi connectivity index (χ3v) is 3.69. The molecule has 0 spiro atoms. The molecule has 0 N–H and O–H groups in total. The van der Waals surface area contributed by atoms with Crippen LogP contribution in [-0.2, 0) is 14.9 Å². The first-order valence-electron chi connectivity index (χ1n) is 7.23. The van der Waals surface area contributed by atoms with Gasteiger partial charge in [0.2, 0.25) is 5.91 Å². The van der Waals surface area contributed by atoms with Gasteiger partial charge in [0, 0.05) is 12.1 Å². The third-order valence-electron chi connectivity index (χ3n) is 3.69. The van der Waals surface area contributed by atoms with Crippen molar-refractivity contribution in [3.05, 3.63) is 33.4 Å². The summed E-state index contributed by atoms with van der Waals surface area (Å²) in [5.74, 6) is -0.453. The lowest BCUT2D eigenvalue weighted by Crippen LogP contribution is -2.43. The van der Waals surface area contributed by atoms with Crippen molar-refractivity contribution in [1.29, 1.82) is 0 Å². The number of nitro groups is 1. The molecule has 0 atom stereocenters. The SMILES string of the molecule is Cc1cc([N+](=O)[O-])cc2c1C(C)(C)C(=O)N2C(=O)OC(C)(C)C. The Bertz CT molecular complexity index is 716. The molecule has 1 aliphatic heterocycles. The number of amides is 2. The predicted octanol–water partition coefficient (Wildman–Crippen LogP) is 3.46. The molecule has 0 fully saturated rings. The van der Waals surface area contributed by atoms with Crippen molar-refractivity contribution in [3.63, 3.8) is 0 Å². The standard InChI is InChI=1S/C16H20N2O5/c1-9-7-10(18(21)22)8-11-12(9)16(5,6)13(19)17(11)14(20)23-15(2,3)4/h7-8H,1-6H3. The maximum atomic E-state index is 12.7. The molecule has 7 nitrogen and oxygen atoms in total. The molecule has 1 heterocycles. The fourth-order valence-corrected chi connectivity index (χ4v) is 2.83. The number of rotatable bonds is 1. The molecule has 2 amide bonds. The van der Waals surface area contributed by atoms with Crippen LogP contribution in [0.25, 0.3) is 0 Å². The summed E-state index contributed by atoms with van der Waals surface area (Å²) in [4.78, 5) is 36.6. The predicted molar refractivity (Wildman–Crippen MR) is 84.6 cm³/mol. The molecule has 0 radical (unpaired) electrons. The number of non-ortho nitro benzene ring substituents is 1. The van der Waals surface area contributed by atoms with E-state index >= 15 is 0 Å². The first-order chi connectivity index (χ1) is 10.4. The number of hydrogen-bond acceptors (Lipinski definition) is 5. The minimum Gasteiger partial charge on any atom is -0.443 e. The molecule has 124 valence electrons. The van der Waals surface area contributed by atoms with Gasteiger partial charge in [0.05, 0.1) is 16.0 Å². The van der Waals surface area contributed by atoms with Crippen LogP contribution in [0.1, 0.15) is 45.7 Å². The quantitative estimate of drug-likeness (QED) is 0.584. The summed E-state index contributed by atoms with van der Waals surface area (Å²) in [5.41, 5.74) is -0.468. The van der Waals surface area contributed by atoms with Crippen LogP contribution in [0, 0.1) is 17.0 Å². The second-order valence-electron chi connectivity index (χ2n) is 7.16. The van der Waals surface area contributed by atoms with Gasteiger partial charge in [0.1, 0.15) is 5.60 Å². The molecule has 1 aromatic rings. The summed E-state index contributed by atoms with van der Waals surface area (Å²) < 4.78 is 5.28. The summed E-state index contributed by atoms with van der Waals surface area (Å²) in [7, 11) is 0. The summed E-state index contributed by atoms with van der Waals surface area (Å²) >= 11 is 0. The molecule has 2 rings (SSSR count). The Kier molecular flexibility index (Phi) is 3.71. The van der Waals surface area contributed by atoms with Gasteiger partial charge < -0.3 is 4.74 Å². The normalized spacial score (nSPS) is 16.3. The number of nitrogens with zero attached hydrogens (tertiary/aromatic N) is 2. The highest BCUT2D eigenvalue weighted by atomic mass is 16.6. The van der Waals surface area contributed by atoms with Crippen molar-refractivity contribution >= 4 is 23.4 Å². The van der Waals surface area contributed by atoms with E-state index in [1.165, 1.54) is 12.1 Å². The van der Waals surface area contributed by atoms with Crippen molar-refractivity contribution in [2.24, 2.45) is 0 Å². The fraction of sp³-hybridized carbons (Fsp3) is 0.500. The van der Waals surface area contributed by atoms with Gasteiger partial charge in [-0.05, 0) is 52.7 Å². The Hall–Kier alpha value is -2.44. The van der Waals surface area contributed by atoms with E-state index in [0.29, 0.717) is 11.1 Å². The number of aryl methyl sites for hydroxylation is 1. The topological polar surface area (TPSA) is 89.8 Å². The van der Waals surface area contributed by atoms with Crippen molar-refractivity contribution in [2.75, 3.05) is 4.90 Å². The van der Waals surface area contributed by atoms with Crippen LogP contribution in [-0.4, -0.2) is 22.5 Å². The van der Waals surface area contributed by atoms with Gasteiger partial charge in [-0.3, -0.25) is 14.9 Å². The monoisotopic (exact) mass is 320 g/mol. The molecule has 0 saturated carbocycles. The van der Waals surface area contributed by atoms with E-state index in [0.717, 1.165) is 4.90 Å². The molecule has 23 heavy (non-hydrogen) atoms. The van der Waals surface area contributed by atoms with Gasteiger partial charge in [0.15, 0.2) is 0 Å². The van der Waals surface area contributed by atoms with E-state index in [-0.39, 0.29) is 11.4 Å². The Balaban J connectivity index is 2.63. The molecule has 7 heteroatoms. The lowest BCUT2D eigenvalue weighted by Gasteiger charge is -2.24. The second kappa shape index (κ2) is 5.04. The van der Waals surface area contributed by atoms with Gasteiger partial charge in [-0.15, -0.1) is 0 Å². The van der Waals surface area contributed by atoms with E-state index in [4.69, 9.17) is 4.74 Å². The summed E-state index contributed by atoms with van der Waals surface area (Å²) in [6, 6.07) is 2.66. The Morgan fingerprint density at radius 1 is 1.30 bits per heavy atom. The van der Waals surface area contributed by atoms with Crippen LogP contribution in [0.4, 0.5) is 16.2 Å². The van der Waals surface area contributed by atoms with Gasteiger partial charge >= 0.3 is 6.09 Å². The molecule has 0 unspecified atom stereocenters. The number of ether oxygens (including phenoxy) is 1. The van der Waals surface area contributed by atoms with Crippen LogP contribution in [0.15, 0.2) is 12.1 Å². The highest BCUT2D eigenvalue weighted by Gasteiger charge is 2.49. The summed E-state index contributed by atoms with van der Waals surface area (Å²) in [6.45, 7) is 10.1. The average molecular weight is 320 g/mol. The molecule has 0 aromatic heterocycles. The van der Waals surface area contributed by atoms with Crippen LogP contribution in [0.5, 0.6) is 0 Å². The van der Waals surface area contributed by atoms with Crippen molar-refractivity contribution < 1.29 is 19.2 Å². The maximum absolute atomic E-state index is 12.7. The van der Waals surface area contributed by atoms with Gasteiger partial charge in [-0.1, -0.05) is 0 Å². The number of hydrogen-bond donors (Lipinski definition) is 0. The van der Waals surface area contributed by atoms with Crippen molar-refractivity contribution in [2.45, 2.75) is 52.6 Å². The largest absolute Gasteiger partial charge is 0.443 e. The number of imide groups is 1. The summed E-state index contributed by atoms with van der Waals surface area (Å²) in [6.07, 6.45) is -0.825. The number of benzene rings is 1. The van der Waals surface area contributed by atoms with Crippen LogP contribution < -0.4 is 4.90 Å². The smallest absolute Gasteiger partial charge is 0.421 e. The molecule has 0 saturated heterocycles. The number of fused-ring (bicyclic) bond motifs is 1. The number of nitro benzene ring substituents is 1. The van der Waals surface area contributed by atoms with E-state index in [9.17, 15) is 19.7 Å². The van der Waals surface area contributed by atoms with Gasteiger partial charge in [-0.25, -0.2) is 9.69 Å². The highest BCUT2D eigenvalue weighted by Crippen LogP contribution is 2.45. The zero-order chi connectivity index (χ0) is 17.7. The molecular formula is C16H20N2O5. The van der Waals surface area contributed by atoms with Crippen molar-refractivity contribution in [3.8, 4) is 0 Å². The fourth-order valence-electron chi connectivity index (χ4n) is 2.83. The molecule has 1 aromatic carbocycles. The maximum Gasteiger partial charge on any atom is 0.421 e.